The standard InChI is InChI=1S/C17H26N2O3/c1-13-5-9-18(10-6-13)15(21)12-19-14(20)11-17(16(19)22)7-3-2-4-8-17/h13H,2-12H2,1H3. The fourth-order valence-electron chi connectivity index (χ4n) is 4.13. The molecular weight excluding hydrogens is 280 g/mol. The molecule has 0 aromatic carbocycles. The number of hydrogen-bond donors (Lipinski definition) is 0. The van der Waals surface area contributed by atoms with Crippen molar-refractivity contribution < 1.29 is 14.4 Å². The first kappa shape index (κ1) is 15.5. The second-order valence-corrected chi connectivity index (χ2v) is 7.37. The van der Waals surface area contributed by atoms with Crippen molar-refractivity contribution in [1.29, 1.82) is 0 Å². The predicted molar refractivity (Wildman–Crippen MR) is 81.8 cm³/mol. The van der Waals surface area contributed by atoms with Crippen molar-refractivity contribution in [2.45, 2.75) is 58.3 Å². The van der Waals surface area contributed by atoms with Crippen molar-refractivity contribution in [3.05, 3.63) is 0 Å². The highest BCUT2D eigenvalue weighted by atomic mass is 16.2. The van der Waals surface area contributed by atoms with Crippen LogP contribution >= 0.6 is 0 Å². The van der Waals surface area contributed by atoms with Crippen LogP contribution in [0.5, 0.6) is 0 Å². The third kappa shape index (κ3) is 2.77. The SMILES string of the molecule is CC1CCN(C(=O)CN2C(=O)CC3(CCCCC3)C2=O)CC1. The molecule has 0 aromatic heterocycles. The highest BCUT2D eigenvalue weighted by Crippen LogP contribution is 2.45. The van der Waals surface area contributed by atoms with Gasteiger partial charge in [-0.25, -0.2) is 0 Å². The summed E-state index contributed by atoms with van der Waals surface area (Å²) >= 11 is 0. The molecule has 0 aromatic rings. The molecule has 5 nitrogen and oxygen atoms in total. The molecule has 3 aliphatic rings. The van der Waals surface area contributed by atoms with Crippen LogP contribution in [0.25, 0.3) is 0 Å². The van der Waals surface area contributed by atoms with Gasteiger partial charge in [0.15, 0.2) is 0 Å². The number of carbonyl (C=O) groups is 3. The highest BCUT2D eigenvalue weighted by Gasteiger charge is 2.51. The number of amides is 3. The molecule has 0 bridgehead atoms. The summed E-state index contributed by atoms with van der Waals surface area (Å²) in [4.78, 5) is 40.4. The van der Waals surface area contributed by atoms with Gasteiger partial charge in [-0.1, -0.05) is 26.2 Å². The van der Waals surface area contributed by atoms with Crippen molar-refractivity contribution >= 4 is 17.7 Å². The van der Waals surface area contributed by atoms with Crippen molar-refractivity contribution in [3.8, 4) is 0 Å². The molecule has 0 N–H and O–H groups in total. The fraction of sp³-hybridized carbons (Fsp3) is 0.824. The quantitative estimate of drug-likeness (QED) is 0.733. The number of hydrogen-bond acceptors (Lipinski definition) is 3. The number of piperidine rings is 1. The van der Waals surface area contributed by atoms with E-state index < -0.39 is 5.41 Å². The monoisotopic (exact) mass is 306 g/mol. The van der Waals surface area contributed by atoms with E-state index in [2.05, 4.69) is 6.92 Å². The van der Waals surface area contributed by atoms with E-state index in [1.165, 1.54) is 4.90 Å². The summed E-state index contributed by atoms with van der Waals surface area (Å²) in [6.45, 7) is 3.65. The molecule has 0 unspecified atom stereocenters. The van der Waals surface area contributed by atoms with Crippen molar-refractivity contribution in [1.82, 2.24) is 9.80 Å². The van der Waals surface area contributed by atoms with E-state index >= 15 is 0 Å². The Labute approximate surface area is 132 Å². The van der Waals surface area contributed by atoms with Gasteiger partial charge < -0.3 is 4.90 Å². The van der Waals surface area contributed by atoms with Crippen LogP contribution in [-0.4, -0.2) is 47.2 Å². The molecule has 122 valence electrons. The molecule has 2 saturated heterocycles. The number of nitrogens with zero attached hydrogens (tertiary/aromatic N) is 2. The largest absolute Gasteiger partial charge is 0.341 e. The normalized spacial score (nSPS) is 26.0. The molecule has 2 aliphatic heterocycles. The second-order valence-electron chi connectivity index (χ2n) is 7.37. The Morgan fingerprint density at radius 2 is 1.77 bits per heavy atom. The maximum atomic E-state index is 12.7. The molecule has 0 atom stereocenters. The van der Waals surface area contributed by atoms with E-state index in [0.29, 0.717) is 12.3 Å². The average Bonchev–Trinajstić information content (AvgIpc) is 2.73. The van der Waals surface area contributed by atoms with Gasteiger partial charge in [-0.3, -0.25) is 19.3 Å². The molecule has 5 heteroatoms. The van der Waals surface area contributed by atoms with Crippen LogP contribution in [0.3, 0.4) is 0 Å². The summed E-state index contributed by atoms with van der Waals surface area (Å²) in [5.74, 6) is 0.354. The van der Waals surface area contributed by atoms with Crippen LogP contribution in [0, 0.1) is 11.3 Å². The number of carbonyl (C=O) groups excluding carboxylic acids is 3. The lowest BCUT2D eigenvalue weighted by Crippen LogP contribution is -2.46. The Bertz CT molecular complexity index is 474. The minimum atomic E-state index is -0.480. The molecule has 1 spiro atoms. The Morgan fingerprint density at radius 3 is 2.41 bits per heavy atom. The van der Waals surface area contributed by atoms with Crippen LogP contribution in [0.15, 0.2) is 0 Å². The van der Waals surface area contributed by atoms with E-state index in [9.17, 15) is 14.4 Å². The first-order valence-corrected chi connectivity index (χ1v) is 8.64. The van der Waals surface area contributed by atoms with E-state index in [-0.39, 0.29) is 24.3 Å². The summed E-state index contributed by atoms with van der Waals surface area (Å²) in [6, 6.07) is 0. The molecule has 3 fully saturated rings. The first-order valence-electron chi connectivity index (χ1n) is 8.64. The van der Waals surface area contributed by atoms with Crippen LogP contribution in [0.2, 0.25) is 0 Å². The molecular formula is C17H26N2O3. The van der Waals surface area contributed by atoms with Crippen molar-refractivity contribution in [2.75, 3.05) is 19.6 Å². The minimum Gasteiger partial charge on any atom is -0.341 e. The maximum Gasteiger partial charge on any atom is 0.242 e. The third-order valence-electron chi connectivity index (χ3n) is 5.73. The Hall–Kier alpha value is -1.39. The van der Waals surface area contributed by atoms with Gasteiger partial charge in [0, 0.05) is 19.5 Å². The Morgan fingerprint density at radius 1 is 1.14 bits per heavy atom. The van der Waals surface area contributed by atoms with Gasteiger partial charge in [0.25, 0.3) is 0 Å². The van der Waals surface area contributed by atoms with Crippen LogP contribution in [0.4, 0.5) is 0 Å². The lowest BCUT2D eigenvalue weighted by molar-refractivity contribution is -0.148. The smallest absolute Gasteiger partial charge is 0.242 e. The molecule has 0 radical (unpaired) electrons. The van der Waals surface area contributed by atoms with Gasteiger partial charge in [0.1, 0.15) is 6.54 Å². The lowest BCUT2D eigenvalue weighted by atomic mass is 9.73. The van der Waals surface area contributed by atoms with Crippen LogP contribution < -0.4 is 0 Å². The Balaban J connectivity index is 1.63. The predicted octanol–water partition coefficient (Wildman–Crippen LogP) is 1.95. The van der Waals surface area contributed by atoms with E-state index in [1.54, 1.807) is 0 Å². The maximum absolute atomic E-state index is 12.7. The van der Waals surface area contributed by atoms with Gasteiger partial charge in [-0.05, 0) is 31.6 Å². The zero-order valence-corrected chi connectivity index (χ0v) is 13.5. The zero-order chi connectivity index (χ0) is 15.7. The van der Waals surface area contributed by atoms with E-state index in [1.807, 2.05) is 4.90 Å². The molecule has 1 aliphatic carbocycles. The fourth-order valence-corrected chi connectivity index (χ4v) is 4.13. The van der Waals surface area contributed by atoms with Gasteiger partial charge >= 0.3 is 0 Å². The number of likely N-dealkylation sites (tertiary alicyclic amines) is 2. The molecule has 1 saturated carbocycles. The highest BCUT2D eigenvalue weighted by molar-refractivity contribution is 6.08. The first-order chi connectivity index (χ1) is 10.5. The summed E-state index contributed by atoms with van der Waals surface area (Å²) in [5.41, 5.74) is -0.480. The molecule has 22 heavy (non-hydrogen) atoms. The van der Waals surface area contributed by atoms with E-state index in [0.717, 1.165) is 58.0 Å². The van der Waals surface area contributed by atoms with Crippen LogP contribution in [-0.2, 0) is 14.4 Å². The lowest BCUT2D eigenvalue weighted by Gasteiger charge is -2.32. The summed E-state index contributed by atoms with van der Waals surface area (Å²) < 4.78 is 0. The van der Waals surface area contributed by atoms with Gasteiger partial charge in [0.2, 0.25) is 17.7 Å². The topological polar surface area (TPSA) is 57.7 Å². The van der Waals surface area contributed by atoms with Gasteiger partial charge in [0.05, 0.1) is 5.41 Å². The average molecular weight is 306 g/mol. The van der Waals surface area contributed by atoms with Crippen molar-refractivity contribution in [2.24, 2.45) is 11.3 Å². The van der Waals surface area contributed by atoms with Gasteiger partial charge in [-0.2, -0.15) is 0 Å². The van der Waals surface area contributed by atoms with Crippen LogP contribution in [0.1, 0.15) is 58.3 Å². The number of rotatable bonds is 2. The van der Waals surface area contributed by atoms with Crippen molar-refractivity contribution in [3.63, 3.8) is 0 Å². The van der Waals surface area contributed by atoms with Gasteiger partial charge in [-0.15, -0.1) is 0 Å². The summed E-state index contributed by atoms with van der Waals surface area (Å²) in [6.07, 6.45) is 7.14. The second kappa shape index (κ2) is 6.01. The Kier molecular flexibility index (Phi) is 4.24. The molecule has 3 rings (SSSR count). The van der Waals surface area contributed by atoms with E-state index in [4.69, 9.17) is 0 Å². The summed E-state index contributed by atoms with van der Waals surface area (Å²) in [5, 5.41) is 0. The number of imide groups is 1. The third-order valence-corrected chi connectivity index (χ3v) is 5.73. The zero-order valence-electron chi connectivity index (χ0n) is 13.5. The molecule has 3 amide bonds. The summed E-state index contributed by atoms with van der Waals surface area (Å²) in [7, 11) is 0. The molecule has 2 heterocycles. The minimum absolute atomic E-state index is 0.0478.